The molecule has 1 N–H and O–H groups in total. The molecule has 1 aromatic carbocycles. The lowest BCUT2D eigenvalue weighted by Gasteiger charge is -2.09. The minimum Gasteiger partial charge on any atom is -0.383 e. The molecular formula is C15H25NOS. The number of nitrogens with one attached hydrogen (secondary N) is 1. The van der Waals surface area contributed by atoms with Gasteiger partial charge in [0.25, 0.3) is 0 Å². The van der Waals surface area contributed by atoms with Crippen molar-refractivity contribution >= 4 is 11.8 Å². The molecular weight excluding hydrogens is 242 g/mol. The number of rotatable bonds is 9. The predicted octanol–water partition coefficient (Wildman–Crippen LogP) is 3.62. The molecule has 0 bridgehead atoms. The largest absolute Gasteiger partial charge is 0.383 e. The SMILES string of the molecule is CCCCSc1ccc(CNCCOC)c(C)c1. The number of hydrogen-bond donors (Lipinski definition) is 1. The summed E-state index contributed by atoms with van der Waals surface area (Å²) in [6.45, 7) is 7.03. The average molecular weight is 267 g/mol. The van der Waals surface area contributed by atoms with Crippen molar-refractivity contribution < 1.29 is 4.74 Å². The quantitative estimate of drug-likeness (QED) is 0.545. The molecule has 0 spiro atoms. The van der Waals surface area contributed by atoms with Crippen molar-refractivity contribution in [2.45, 2.75) is 38.1 Å². The number of ether oxygens (including phenoxy) is 1. The van der Waals surface area contributed by atoms with E-state index in [0.29, 0.717) is 0 Å². The molecule has 0 fully saturated rings. The van der Waals surface area contributed by atoms with Crippen molar-refractivity contribution in [1.82, 2.24) is 5.32 Å². The maximum atomic E-state index is 5.02. The van der Waals surface area contributed by atoms with Gasteiger partial charge in [-0.05, 0) is 42.4 Å². The molecule has 0 saturated heterocycles. The van der Waals surface area contributed by atoms with Gasteiger partial charge in [0, 0.05) is 25.1 Å². The summed E-state index contributed by atoms with van der Waals surface area (Å²) < 4.78 is 5.02. The third kappa shape index (κ3) is 5.89. The molecule has 0 unspecified atom stereocenters. The molecule has 2 nitrogen and oxygen atoms in total. The average Bonchev–Trinajstić information content (AvgIpc) is 2.37. The first-order chi connectivity index (χ1) is 8.77. The Morgan fingerprint density at radius 1 is 1.33 bits per heavy atom. The van der Waals surface area contributed by atoms with Crippen molar-refractivity contribution in [3.8, 4) is 0 Å². The van der Waals surface area contributed by atoms with E-state index in [9.17, 15) is 0 Å². The molecule has 0 atom stereocenters. The van der Waals surface area contributed by atoms with Crippen molar-refractivity contribution in [3.05, 3.63) is 29.3 Å². The fourth-order valence-corrected chi connectivity index (χ4v) is 2.78. The summed E-state index contributed by atoms with van der Waals surface area (Å²) in [7, 11) is 1.73. The molecule has 0 aliphatic rings. The highest BCUT2D eigenvalue weighted by Gasteiger charge is 2.00. The zero-order valence-electron chi connectivity index (χ0n) is 11.8. The number of aryl methyl sites for hydroxylation is 1. The Morgan fingerprint density at radius 3 is 2.83 bits per heavy atom. The summed E-state index contributed by atoms with van der Waals surface area (Å²) >= 11 is 1.96. The highest BCUT2D eigenvalue weighted by atomic mass is 32.2. The summed E-state index contributed by atoms with van der Waals surface area (Å²) in [5, 5.41) is 3.38. The predicted molar refractivity (Wildman–Crippen MR) is 80.4 cm³/mol. The summed E-state index contributed by atoms with van der Waals surface area (Å²) in [6.07, 6.45) is 2.57. The second-order valence-corrected chi connectivity index (χ2v) is 5.63. The fraction of sp³-hybridized carbons (Fsp3) is 0.600. The molecule has 18 heavy (non-hydrogen) atoms. The van der Waals surface area contributed by atoms with E-state index >= 15 is 0 Å². The van der Waals surface area contributed by atoms with Crippen LogP contribution in [0.3, 0.4) is 0 Å². The van der Waals surface area contributed by atoms with E-state index in [2.05, 4.69) is 37.4 Å². The van der Waals surface area contributed by atoms with Crippen molar-refractivity contribution in [2.75, 3.05) is 26.0 Å². The van der Waals surface area contributed by atoms with Crippen LogP contribution in [-0.2, 0) is 11.3 Å². The zero-order valence-corrected chi connectivity index (χ0v) is 12.6. The maximum absolute atomic E-state index is 5.02. The second-order valence-electron chi connectivity index (χ2n) is 4.46. The van der Waals surface area contributed by atoms with E-state index in [1.54, 1.807) is 7.11 Å². The van der Waals surface area contributed by atoms with Gasteiger partial charge in [0.15, 0.2) is 0 Å². The molecule has 0 radical (unpaired) electrons. The lowest BCUT2D eigenvalue weighted by molar-refractivity contribution is 0.199. The first kappa shape index (κ1) is 15.5. The third-order valence-electron chi connectivity index (χ3n) is 2.88. The monoisotopic (exact) mass is 267 g/mol. The van der Waals surface area contributed by atoms with Gasteiger partial charge < -0.3 is 10.1 Å². The number of methoxy groups -OCH3 is 1. The van der Waals surface area contributed by atoms with Crippen LogP contribution in [0.1, 0.15) is 30.9 Å². The van der Waals surface area contributed by atoms with Gasteiger partial charge in [-0.1, -0.05) is 19.4 Å². The van der Waals surface area contributed by atoms with Crippen LogP contribution in [0.5, 0.6) is 0 Å². The van der Waals surface area contributed by atoms with E-state index in [1.807, 2.05) is 11.8 Å². The third-order valence-corrected chi connectivity index (χ3v) is 3.96. The Bertz CT molecular complexity index is 341. The number of hydrogen-bond acceptors (Lipinski definition) is 3. The van der Waals surface area contributed by atoms with Gasteiger partial charge in [0.05, 0.1) is 6.61 Å². The molecule has 0 heterocycles. The second kappa shape index (κ2) is 9.42. The first-order valence-electron chi connectivity index (χ1n) is 6.70. The van der Waals surface area contributed by atoms with Gasteiger partial charge in [0.1, 0.15) is 0 Å². The van der Waals surface area contributed by atoms with Crippen molar-refractivity contribution in [1.29, 1.82) is 0 Å². The Morgan fingerprint density at radius 2 is 2.17 bits per heavy atom. The number of unbranched alkanes of at least 4 members (excludes halogenated alkanes) is 1. The van der Waals surface area contributed by atoms with E-state index in [4.69, 9.17) is 4.74 Å². The highest BCUT2D eigenvalue weighted by molar-refractivity contribution is 7.99. The van der Waals surface area contributed by atoms with Crippen LogP contribution in [0.4, 0.5) is 0 Å². The van der Waals surface area contributed by atoms with Crippen LogP contribution in [0.15, 0.2) is 23.1 Å². The zero-order chi connectivity index (χ0) is 13.2. The van der Waals surface area contributed by atoms with E-state index < -0.39 is 0 Å². The molecule has 0 amide bonds. The van der Waals surface area contributed by atoms with Gasteiger partial charge >= 0.3 is 0 Å². The smallest absolute Gasteiger partial charge is 0.0587 e. The van der Waals surface area contributed by atoms with E-state index in [0.717, 1.165) is 19.7 Å². The van der Waals surface area contributed by atoms with Gasteiger partial charge in [-0.15, -0.1) is 11.8 Å². The Hall–Kier alpha value is -0.510. The molecule has 0 saturated carbocycles. The lowest BCUT2D eigenvalue weighted by atomic mass is 10.1. The molecule has 1 aromatic rings. The normalized spacial score (nSPS) is 10.8. The van der Waals surface area contributed by atoms with Crippen LogP contribution in [-0.4, -0.2) is 26.0 Å². The summed E-state index contributed by atoms with van der Waals surface area (Å²) in [5.74, 6) is 1.22. The molecule has 0 aromatic heterocycles. The Balaban J connectivity index is 2.41. The van der Waals surface area contributed by atoms with Crippen molar-refractivity contribution in [3.63, 3.8) is 0 Å². The Kier molecular flexibility index (Phi) is 8.14. The Labute approximate surface area is 116 Å². The first-order valence-corrected chi connectivity index (χ1v) is 7.68. The van der Waals surface area contributed by atoms with Gasteiger partial charge in [-0.25, -0.2) is 0 Å². The molecule has 0 aliphatic heterocycles. The minimum absolute atomic E-state index is 0.768. The summed E-state index contributed by atoms with van der Waals surface area (Å²) in [4.78, 5) is 1.39. The fourth-order valence-electron chi connectivity index (χ4n) is 1.69. The molecule has 0 aliphatic carbocycles. The highest BCUT2D eigenvalue weighted by Crippen LogP contribution is 2.22. The van der Waals surface area contributed by atoms with Crippen LogP contribution in [0.2, 0.25) is 0 Å². The number of benzene rings is 1. The van der Waals surface area contributed by atoms with Gasteiger partial charge in [-0.3, -0.25) is 0 Å². The summed E-state index contributed by atoms with van der Waals surface area (Å²) in [6, 6.07) is 6.78. The van der Waals surface area contributed by atoms with Crippen LogP contribution < -0.4 is 5.32 Å². The van der Waals surface area contributed by atoms with Crippen LogP contribution in [0.25, 0.3) is 0 Å². The van der Waals surface area contributed by atoms with Crippen LogP contribution in [0, 0.1) is 6.92 Å². The molecule has 102 valence electrons. The summed E-state index contributed by atoms with van der Waals surface area (Å²) in [5.41, 5.74) is 2.76. The van der Waals surface area contributed by atoms with Crippen molar-refractivity contribution in [2.24, 2.45) is 0 Å². The standard InChI is InChI=1S/C15H25NOS/c1-4-5-10-18-15-7-6-14(13(2)11-15)12-16-8-9-17-3/h6-7,11,16H,4-5,8-10,12H2,1-3H3. The van der Waals surface area contributed by atoms with Gasteiger partial charge in [-0.2, -0.15) is 0 Å². The topological polar surface area (TPSA) is 21.3 Å². The molecule has 1 rings (SSSR count). The van der Waals surface area contributed by atoms with Gasteiger partial charge in [0.2, 0.25) is 0 Å². The number of thioether (sulfide) groups is 1. The minimum atomic E-state index is 0.768. The van der Waals surface area contributed by atoms with E-state index in [1.165, 1.54) is 34.6 Å². The lowest BCUT2D eigenvalue weighted by Crippen LogP contribution is -2.19. The molecule has 3 heteroatoms. The maximum Gasteiger partial charge on any atom is 0.0587 e. The van der Waals surface area contributed by atoms with Crippen LogP contribution >= 0.6 is 11.8 Å². The van der Waals surface area contributed by atoms with E-state index in [-0.39, 0.29) is 0 Å².